The highest BCUT2D eigenvalue weighted by atomic mass is 32.2. The van der Waals surface area contributed by atoms with E-state index in [1.807, 2.05) is 0 Å². The molecule has 15 heteroatoms. The molecule has 1 fully saturated rings. The van der Waals surface area contributed by atoms with Crippen molar-refractivity contribution in [1.29, 1.82) is 0 Å². The van der Waals surface area contributed by atoms with Crippen LogP contribution in [-0.2, 0) is 34.1 Å². The van der Waals surface area contributed by atoms with E-state index in [-0.39, 0.29) is 16.5 Å². The summed E-state index contributed by atoms with van der Waals surface area (Å²) in [6, 6.07) is -1.56. The number of nitrogen functional groups attached to an aromatic ring is 1. The zero-order valence-electron chi connectivity index (χ0n) is 15.0. The second kappa shape index (κ2) is 8.49. The lowest BCUT2D eigenvalue weighted by Crippen LogP contribution is -2.70. The maximum atomic E-state index is 12.4. The van der Waals surface area contributed by atoms with Crippen LogP contribution in [0, 0.1) is 0 Å². The van der Waals surface area contributed by atoms with Crippen LogP contribution in [0.4, 0.5) is 5.13 Å². The molecule has 2 heterocycles. The van der Waals surface area contributed by atoms with Gasteiger partial charge < -0.3 is 15.9 Å². The number of amides is 3. The molecule has 0 spiro atoms. The Morgan fingerprint density at radius 1 is 1.46 bits per heavy atom. The Morgan fingerprint density at radius 3 is 2.64 bits per heavy atom. The van der Waals surface area contributed by atoms with Crippen molar-refractivity contribution in [2.75, 3.05) is 25.7 Å². The lowest BCUT2D eigenvalue weighted by molar-refractivity contribution is -0.230. The second-order valence-electron chi connectivity index (χ2n) is 5.62. The highest BCUT2D eigenvalue weighted by Gasteiger charge is 2.47. The van der Waals surface area contributed by atoms with Crippen molar-refractivity contribution in [1.82, 2.24) is 20.1 Å². The molecule has 1 aromatic heterocycles. The van der Waals surface area contributed by atoms with Gasteiger partial charge in [0.1, 0.15) is 18.8 Å². The highest BCUT2D eigenvalue weighted by molar-refractivity contribution is 7.89. The molecule has 1 saturated heterocycles. The van der Waals surface area contributed by atoms with Gasteiger partial charge in [-0.1, -0.05) is 5.16 Å². The smallest absolute Gasteiger partial charge is 0.276 e. The Morgan fingerprint density at radius 2 is 2.14 bits per heavy atom. The van der Waals surface area contributed by atoms with Crippen molar-refractivity contribution in [2.24, 2.45) is 5.16 Å². The van der Waals surface area contributed by atoms with Crippen molar-refractivity contribution in [3.8, 4) is 0 Å². The minimum atomic E-state index is -3.73. The number of sulfonamides is 1. The van der Waals surface area contributed by atoms with Crippen LogP contribution in [0.15, 0.2) is 10.5 Å². The van der Waals surface area contributed by atoms with E-state index in [9.17, 15) is 22.8 Å². The molecule has 1 aromatic rings. The van der Waals surface area contributed by atoms with Gasteiger partial charge in [-0.2, -0.15) is 0 Å². The van der Waals surface area contributed by atoms with E-state index >= 15 is 0 Å². The van der Waals surface area contributed by atoms with Crippen LogP contribution in [-0.4, -0.2) is 74.0 Å². The van der Waals surface area contributed by atoms with Crippen molar-refractivity contribution in [2.45, 2.75) is 19.0 Å². The predicted octanol–water partition coefficient (Wildman–Crippen LogP) is -2.20. The molecule has 3 amide bonds. The summed E-state index contributed by atoms with van der Waals surface area (Å²) in [6.07, 6.45) is 0.809. The molecule has 0 unspecified atom stereocenters. The van der Waals surface area contributed by atoms with E-state index < -0.39 is 46.4 Å². The molecule has 1 aliphatic heterocycles. The zero-order chi connectivity index (χ0) is 21.1. The number of nitrogens with zero attached hydrogens (tertiary/aromatic N) is 3. The SMILES string of the molecule is CON=C(C(=O)N[C@@H]1C(=O)N(OCC(=O)NS(C)(=O)=O)[C@H]1C)c1csc(N)n1. The summed E-state index contributed by atoms with van der Waals surface area (Å²) < 4.78 is 23.6. The third kappa shape index (κ3) is 5.14. The lowest BCUT2D eigenvalue weighted by Gasteiger charge is -2.43. The number of thiazole rings is 1. The van der Waals surface area contributed by atoms with Gasteiger partial charge in [-0.15, -0.1) is 11.3 Å². The summed E-state index contributed by atoms with van der Waals surface area (Å²) in [4.78, 5) is 49.6. The molecule has 2 rings (SSSR count). The topological polar surface area (TPSA) is 182 Å². The number of hydroxylamine groups is 2. The van der Waals surface area contributed by atoms with Gasteiger partial charge in [-0.05, 0) is 6.92 Å². The molecule has 13 nitrogen and oxygen atoms in total. The first kappa shape index (κ1) is 21.5. The first-order chi connectivity index (χ1) is 13.0. The molecule has 4 N–H and O–H groups in total. The summed E-state index contributed by atoms with van der Waals surface area (Å²) in [6.45, 7) is 0.882. The molecule has 154 valence electrons. The fraction of sp³-hybridized carbons (Fsp3) is 0.462. The number of nitrogens with one attached hydrogen (secondary N) is 2. The number of nitrogens with two attached hydrogens (primary N) is 1. The molecule has 28 heavy (non-hydrogen) atoms. The molecule has 0 aliphatic carbocycles. The van der Waals surface area contributed by atoms with Crippen molar-refractivity contribution >= 4 is 49.9 Å². The Kier molecular flexibility index (Phi) is 6.52. The largest absolute Gasteiger partial charge is 0.398 e. The van der Waals surface area contributed by atoms with Gasteiger partial charge in [-0.3, -0.25) is 23.9 Å². The number of rotatable bonds is 8. The number of β-lactam (4-membered cyclic amide) rings is 1. The van der Waals surface area contributed by atoms with Crippen LogP contribution in [0.5, 0.6) is 0 Å². The number of hydrogen-bond acceptors (Lipinski definition) is 11. The molecule has 0 saturated carbocycles. The van der Waals surface area contributed by atoms with Gasteiger partial charge in [0.2, 0.25) is 10.0 Å². The standard InChI is InChI=1S/C13H18N6O7S2/c1-6-9(12(22)19(6)26-4-8(20)18-28(3,23)24)16-11(21)10(17-25-2)7-5-27-13(14)15-7/h5-6,9H,4H2,1-3H3,(H2,14,15)(H,16,21)(H,18,20)/t6-,9-/m0/s1. The maximum absolute atomic E-state index is 12.4. The van der Waals surface area contributed by atoms with Crippen LogP contribution < -0.4 is 15.8 Å². The number of anilines is 1. The molecular formula is C13H18N6O7S2. The number of aromatic nitrogens is 1. The van der Waals surface area contributed by atoms with Crippen molar-refractivity contribution in [3.05, 3.63) is 11.1 Å². The molecule has 0 radical (unpaired) electrons. The first-order valence-electron chi connectivity index (χ1n) is 7.63. The van der Waals surface area contributed by atoms with Gasteiger partial charge in [0.25, 0.3) is 17.7 Å². The van der Waals surface area contributed by atoms with E-state index in [2.05, 4.69) is 20.3 Å². The molecule has 2 atom stereocenters. The number of hydrogen-bond donors (Lipinski definition) is 3. The van der Waals surface area contributed by atoms with Crippen LogP contribution in [0.3, 0.4) is 0 Å². The Labute approximate surface area is 163 Å². The molecule has 1 aliphatic rings. The van der Waals surface area contributed by atoms with Crippen molar-refractivity contribution < 1.29 is 32.5 Å². The van der Waals surface area contributed by atoms with Crippen LogP contribution in [0.2, 0.25) is 0 Å². The fourth-order valence-corrected chi connectivity index (χ4v) is 3.25. The van der Waals surface area contributed by atoms with E-state index in [0.29, 0.717) is 0 Å². The summed E-state index contributed by atoms with van der Waals surface area (Å²) in [5, 5.41) is 8.68. The van der Waals surface area contributed by atoms with Crippen LogP contribution in [0.25, 0.3) is 0 Å². The first-order valence-corrected chi connectivity index (χ1v) is 10.4. The minimum Gasteiger partial charge on any atom is -0.398 e. The fourth-order valence-electron chi connectivity index (χ4n) is 2.23. The van der Waals surface area contributed by atoms with E-state index in [0.717, 1.165) is 22.7 Å². The van der Waals surface area contributed by atoms with Crippen LogP contribution in [0.1, 0.15) is 12.6 Å². The zero-order valence-corrected chi connectivity index (χ0v) is 16.7. The molecule has 0 aromatic carbocycles. The van der Waals surface area contributed by atoms with Crippen LogP contribution >= 0.6 is 11.3 Å². The average molecular weight is 434 g/mol. The summed E-state index contributed by atoms with van der Waals surface area (Å²) >= 11 is 1.10. The Hall–Kier alpha value is -2.78. The molecule has 0 bridgehead atoms. The third-order valence-electron chi connectivity index (χ3n) is 3.42. The summed E-state index contributed by atoms with van der Waals surface area (Å²) in [5.41, 5.74) is 5.56. The summed E-state index contributed by atoms with van der Waals surface area (Å²) in [5.74, 6) is -2.28. The summed E-state index contributed by atoms with van der Waals surface area (Å²) in [7, 11) is -2.49. The quantitative estimate of drug-likeness (QED) is 0.232. The normalized spacial score (nSPS) is 19.8. The Balaban J connectivity index is 1.95. The van der Waals surface area contributed by atoms with E-state index in [4.69, 9.17) is 10.6 Å². The average Bonchev–Trinajstić information content (AvgIpc) is 3.01. The predicted molar refractivity (Wildman–Crippen MR) is 97.2 cm³/mol. The van der Waals surface area contributed by atoms with Gasteiger partial charge >= 0.3 is 0 Å². The minimum absolute atomic E-state index is 0.164. The number of carbonyl (C=O) groups is 3. The van der Waals surface area contributed by atoms with Crippen molar-refractivity contribution in [3.63, 3.8) is 0 Å². The maximum Gasteiger partial charge on any atom is 0.276 e. The third-order valence-corrected chi connectivity index (χ3v) is 4.69. The van der Waals surface area contributed by atoms with Gasteiger partial charge in [0.05, 0.1) is 12.3 Å². The van der Waals surface area contributed by atoms with E-state index in [1.54, 1.807) is 11.6 Å². The number of oxime groups is 1. The highest BCUT2D eigenvalue weighted by Crippen LogP contribution is 2.20. The number of carbonyl (C=O) groups excluding carboxylic acids is 3. The van der Waals surface area contributed by atoms with Gasteiger partial charge in [-0.25, -0.2) is 18.5 Å². The van der Waals surface area contributed by atoms with Gasteiger partial charge in [0, 0.05) is 5.38 Å². The Bertz CT molecular complexity index is 912. The second-order valence-corrected chi connectivity index (χ2v) is 8.26. The lowest BCUT2D eigenvalue weighted by atomic mass is 10.00. The van der Waals surface area contributed by atoms with E-state index in [1.165, 1.54) is 12.5 Å². The van der Waals surface area contributed by atoms with Gasteiger partial charge in [0.15, 0.2) is 17.5 Å². The molecular weight excluding hydrogens is 416 g/mol. The monoisotopic (exact) mass is 434 g/mol.